The molecule has 3 aromatic rings. The van der Waals surface area contributed by atoms with Gasteiger partial charge in [0.1, 0.15) is 11.8 Å². The Hall–Kier alpha value is -2.93. The Bertz CT molecular complexity index is 926. The Labute approximate surface area is 151 Å². The van der Waals surface area contributed by atoms with E-state index in [9.17, 15) is 0 Å². The van der Waals surface area contributed by atoms with Crippen LogP contribution in [0.5, 0.6) is 11.5 Å². The molecule has 1 aliphatic rings. The van der Waals surface area contributed by atoms with Crippen molar-refractivity contribution in [3.05, 3.63) is 36.8 Å². The molecule has 0 bridgehead atoms. The normalized spacial score (nSPS) is 14.5. The lowest BCUT2D eigenvalue weighted by molar-refractivity contribution is 0.122. The number of methoxy groups -OCH3 is 2. The predicted octanol–water partition coefficient (Wildman–Crippen LogP) is 2.55. The zero-order chi connectivity index (χ0) is 17.9. The summed E-state index contributed by atoms with van der Waals surface area (Å²) in [5, 5.41) is 0. The van der Waals surface area contributed by atoms with Crippen LogP contribution in [0.3, 0.4) is 0 Å². The lowest BCUT2D eigenvalue weighted by Crippen LogP contribution is -2.37. The van der Waals surface area contributed by atoms with E-state index in [0.717, 1.165) is 41.1 Å². The van der Waals surface area contributed by atoms with Crippen LogP contribution < -0.4 is 14.4 Å². The van der Waals surface area contributed by atoms with Gasteiger partial charge in [-0.2, -0.15) is 0 Å². The highest BCUT2D eigenvalue weighted by molar-refractivity contribution is 5.88. The third kappa shape index (κ3) is 3.01. The number of benzene rings is 1. The number of hydrogen-bond acceptors (Lipinski definition) is 7. The monoisotopic (exact) mass is 352 g/mol. The molecular formula is C19H20N4O3. The van der Waals surface area contributed by atoms with E-state index in [0.29, 0.717) is 24.7 Å². The summed E-state index contributed by atoms with van der Waals surface area (Å²) in [5.74, 6) is 2.24. The average molecular weight is 352 g/mol. The molecule has 0 atom stereocenters. The van der Waals surface area contributed by atoms with E-state index in [1.165, 1.54) is 0 Å². The van der Waals surface area contributed by atoms with Crippen molar-refractivity contribution in [2.45, 2.75) is 0 Å². The summed E-state index contributed by atoms with van der Waals surface area (Å²) < 4.78 is 16.1. The largest absolute Gasteiger partial charge is 0.493 e. The van der Waals surface area contributed by atoms with Crippen molar-refractivity contribution in [3.63, 3.8) is 0 Å². The van der Waals surface area contributed by atoms with Crippen LogP contribution in [-0.2, 0) is 4.74 Å². The van der Waals surface area contributed by atoms with Crippen LogP contribution >= 0.6 is 0 Å². The third-order valence-electron chi connectivity index (χ3n) is 4.48. The molecule has 0 unspecified atom stereocenters. The highest BCUT2D eigenvalue weighted by Crippen LogP contribution is 2.33. The predicted molar refractivity (Wildman–Crippen MR) is 98.9 cm³/mol. The number of pyridine rings is 1. The van der Waals surface area contributed by atoms with E-state index < -0.39 is 0 Å². The SMILES string of the molecule is COc1ccc(-c2cnc3c(N4CCOCC4)ncnc3c2)cc1OC. The fourth-order valence-corrected chi connectivity index (χ4v) is 3.11. The van der Waals surface area contributed by atoms with Crippen LogP contribution in [0.1, 0.15) is 0 Å². The van der Waals surface area contributed by atoms with Crippen molar-refractivity contribution in [2.24, 2.45) is 0 Å². The molecular weight excluding hydrogens is 332 g/mol. The Morgan fingerprint density at radius 2 is 1.73 bits per heavy atom. The topological polar surface area (TPSA) is 69.6 Å². The van der Waals surface area contributed by atoms with Crippen LogP contribution in [0.4, 0.5) is 5.82 Å². The highest BCUT2D eigenvalue weighted by Gasteiger charge is 2.17. The molecule has 0 amide bonds. The Morgan fingerprint density at radius 3 is 2.50 bits per heavy atom. The van der Waals surface area contributed by atoms with Gasteiger partial charge in [-0.1, -0.05) is 6.07 Å². The summed E-state index contributed by atoms with van der Waals surface area (Å²) in [6.07, 6.45) is 3.43. The lowest BCUT2D eigenvalue weighted by Gasteiger charge is -2.28. The maximum absolute atomic E-state index is 5.42. The zero-order valence-electron chi connectivity index (χ0n) is 14.8. The van der Waals surface area contributed by atoms with E-state index in [2.05, 4.69) is 19.9 Å². The first kappa shape index (κ1) is 16.5. The molecule has 0 N–H and O–H groups in total. The molecule has 1 aliphatic heterocycles. The van der Waals surface area contributed by atoms with Gasteiger partial charge < -0.3 is 19.1 Å². The molecule has 7 nitrogen and oxygen atoms in total. The van der Waals surface area contributed by atoms with Crippen LogP contribution in [0, 0.1) is 0 Å². The van der Waals surface area contributed by atoms with E-state index in [1.807, 2.05) is 30.5 Å². The molecule has 4 rings (SSSR count). The summed E-state index contributed by atoms with van der Waals surface area (Å²) in [7, 11) is 3.25. The van der Waals surface area contributed by atoms with Gasteiger partial charge in [-0.05, 0) is 23.8 Å². The van der Waals surface area contributed by atoms with E-state index in [4.69, 9.17) is 14.2 Å². The number of ether oxygens (including phenoxy) is 3. The number of fused-ring (bicyclic) bond motifs is 1. The van der Waals surface area contributed by atoms with Gasteiger partial charge >= 0.3 is 0 Å². The number of aromatic nitrogens is 3. The van der Waals surface area contributed by atoms with Crippen molar-refractivity contribution in [1.29, 1.82) is 0 Å². The third-order valence-corrected chi connectivity index (χ3v) is 4.48. The van der Waals surface area contributed by atoms with Crippen molar-refractivity contribution in [3.8, 4) is 22.6 Å². The van der Waals surface area contributed by atoms with Gasteiger partial charge in [0.2, 0.25) is 0 Å². The minimum atomic E-state index is 0.682. The Morgan fingerprint density at radius 1 is 0.923 bits per heavy atom. The van der Waals surface area contributed by atoms with Gasteiger partial charge in [-0.15, -0.1) is 0 Å². The minimum Gasteiger partial charge on any atom is -0.493 e. The highest BCUT2D eigenvalue weighted by atomic mass is 16.5. The first-order chi connectivity index (χ1) is 12.8. The van der Waals surface area contributed by atoms with E-state index in [1.54, 1.807) is 20.5 Å². The summed E-state index contributed by atoms with van der Waals surface area (Å²) in [5.41, 5.74) is 3.57. The maximum Gasteiger partial charge on any atom is 0.161 e. The second kappa shape index (κ2) is 7.13. The maximum atomic E-state index is 5.42. The molecule has 1 aromatic carbocycles. The first-order valence-corrected chi connectivity index (χ1v) is 8.46. The molecule has 0 saturated carbocycles. The molecule has 0 spiro atoms. The smallest absolute Gasteiger partial charge is 0.161 e. The fraction of sp³-hybridized carbons (Fsp3) is 0.316. The van der Waals surface area contributed by atoms with Gasteiger partial charge in [-0.3, -0.25) is 4.98 Å². The summed E-state index contributed by atoms with van der Waals surface area (Å²) in [4.78, 5) is 15.7. The standard InChI is InChI=1S/C19H20N4O3/c1-24-16-4-3-13(10-17(16)25-2)14-9-15-18(20-11-14)19(22-12-21-15)23-5-7-26-8-6-23/h3-4,9-12H,5-8H2,1-2H3. The molecule has 0 radical (unpaired) electrons. The van der Waals surface area contributed by atoms with Gasteiger partial charge in [0.25, 0.3) is 0 Å². The molecule has 2 aromatic heterocycles. The fourth-order valence-electron chi connectivity index (χ4n) is 3.11. The van der Waals surface area contributed by atoms with Crippen LogP contribution in [0.15, 0.2) is 36.8 Å². The number of anilines is 1. The number of nitrogens with zero attached hydrogens (tertiary/aromatic N) is 4. The molecule has 1 saturated heterocycles. The van der Waals surface area contributed by atoms with E-state index >= 15 is 0 Å². The van der Waals surface area contributed by atoms with Crippen molar-refractivity contribution in [1.82, 2.24) is 15.0 Å². The Kier molecular flexibility index (Phi) is 4.53. The first-order valence-electron chi connectivity index (χ1n) is 8.46. The average Bonchev–Trinajstić information content (AvgIpc) is 2.73. The van der Waals surface area contributed by atoms with Crippen LogP contribution in [0.25, 0.3) is 22.2 Å². The van der Waals surface area contributed by atoms with Crippen LogP contribution in [0.2, 0.25) is 0 Å². The second-order valence-electron chi connectivity index (χ2n) is 5.96. The van der Waals surface area contributed by atoms with Crippen LogP contribution in [-0.4, -0.2) is 55.5 Å². The zero-order valence-corrected chi connectivity index (χ0v) is 14.8. The van der Waals surface area contributed by atoms with Crippen molar-refractivity contribution in [2.75, 3.05) is 45.4 Å². The van der Waals surface area contributed by atoms with Crippen molar-refractivity contribution >= 4 is 16.9 Å². The Balaban J connectivity index is 1.74. The molecule has 0 aliphatic carbocycles. The summed E-state index contributed by atoms with van der Waals surface area (Å²) in [6.45, 7) is 3.03. The summed E-state index contributed by atoms with van der Waals surface area (Å²) >= 11 is 0. The van der Waals surface area contributed by atoms with Gasteiger partial charge in [0.15, 0.2) is 17.3 Å². The van der Waals surface area contributed by atoms with E-state index in [-0.39, 0.29) is 0 Å². The molecule has 3 heterocycles. The number of morpholine rings is 1. The molecule has 7 heteroatoms. The van der Waals surface area contributed by atoms with Gasteiger partial charge in [0, 0.05) is 24.8 Å². The molecule has 1 fully saturated rings. The quantitative estimate of drug-likeness (QED) is 0.715. The second-order valence-corrected chi connectivity index (χ2v) is 5.96. The molecule has 134 valence electrons. The molecule has 26 heavy (non-hydrogen) atoms. The number of hydrogen-bond donors (Lipinski definition) is 0. The van der Waals surface area contributed by atoms with Gasteiger partial charge in [-0.25, -0.2) is 9.97 Å². The van der Waals surface area contributed by atoms with Gasteiger partial charge in [0.05, 0.1) is 33.0 Å². The lowest BCUT2D eigenvalue weighted by atomic mass is 10.1. The minimum absolute atomic E-state index is 0.682. The van der Waals surface area contributed by atoms with Crippen molar-refractivity contribution < 1.29 is 14.2 Å². The number of rotatable bonds is 4. The summed E-state index contributed by atoms with van der Waals surface area (Å²) in [6, 6.07) is 7.83.